The van der Waals surface area contributed by atoms with Crippen LogP contribution in [0.3, 0.4) is 0 Å². The zero-order valence-corrected chi connectivity index (χ0v) is 15.9. The summed E-state index contributed by atoms with van der Waals surface area (Å²) < 4.78 is 10.3. The van der Waals surface area contributed by atoms with Gasteiger partial charge >= 0.3 is 11.9 Å². The lowest BCUT2D eigenvalue weighted by Crippen LogP contribution is -2.06. The fourth-order valence-corrected chi connectivity index (χ4v) is 2.11. The predicted molar refractivity (Wildman–Crippen MR) is 98.7 cm³/mol. The summed E-state index contributed by atoms with van der Waals surface area (Å²) in [6, 6.07) is 0. The minimum Gasteiger partial charge on any atom is -0.466 e. The van der Waals surface area contributed by atoms with Crippen molar-refractivity contribution in [3.05, 3.63) is 0 Å². The quantitative estimate of drug-likeness (QED) is 0.313. The highest BCUT2D eigenvalue weighted by molar-refractivity contribution is 5.69. The first kappa shape index (κ1) is 27.7. The van der Waals surface area contributed by atoms with Crippen LogP contribution in [0.4, 0.5) is 0 Å². The molecule has 0 aliphatic rings. The van der Waals surface area contributed by atoms with Gasteiger partial charge in [-0.2, -0.15) is 0 Å². The smallest absolute Gasteiger partial charge is 0.305 e. The third-order valence-corrected chi connectivity index (χ3v) is 3.53. The van der Waals surface area contributed by atoms with Crippen LogP contribution in [0.15, 0.2) is 0 Å². The van der Waals surface area contributed by atoms with Crippen molar-refractivity contribution in [2.24, 2.45) is 0 Å². The van der Waals surface area contributed by atoms with E-state index in [1.807, 2.05) is 0 Å². The molecule has 0 spiro atoms. The van der Waals surface area contributed by atoms with E-state index in [4.69, 9.17) is 9.47 Å². The molecule has 6 heteroatoms. The van der Waals surface area contributed by atoms with Gasteiger partial charge in [0, 0.05) is 12.8 Å². The Morgan fingerprint density at radius 1 is 0.583 bits per heavy atom. The largest absolute Gasteiger partial charge is 0.466 e. The van der Waals surface area contributed by atoms with E-state index in [2.05, 4.69) is 13.8 Å². The van der Waals surface area contributed by atoms with Crippen molar-refractivity contribution in [3.8, 4) is 0 Å². The van der Waals surface area contributed by atoms with Gasteiger partial charge in [0.05, 0.1) is 13.2 Å². The fraction of sp³-hybridized carbons (Fsp3) is 0.889. The van der Waals surface area contributed by atoms with Gasteiger partial charge in [0.2, 0.25) is 0 Å². The number of carbonyl (C=O) groups is 2. The molecule has 0 unspecified atom stereocenters. The van der Waals surface area contributed by atoms with Crippen LogP contribution in [-0.2, 0) is 19.1 Å². The Kier molecular flexibility index (Phi) is 25.2. The third-order valence-electron chi connectivity index (χ3n) is 3.53. The molecule has 0 rings (SSSR count). The molecular weight excluding hydrogens is 308 g/mol. The topological polar surface area (TPSA) is 123 Å². The van der Waals surface area contributed by atoms with Crippen LogP contribution in [-0.4, -0.2) is 25.2 Å². The van der Waals surface area contributed by atoms with E-state index < -0.39 is 0 Å². The maximum atomic E-state index is 11.4. The third kappa shape index (κ3) is 20.9. The molecule has 0 saturated heterocycles. The minimum atomic E-state index is -0.0746. The van der Waals surface area contributed by atoms with E-state index in [9.17, 15) is 9.59 Å². The monoisotopic (exact) mass is 348 g/mol. The Hall–Kier alpha value is -1.14. The van der Waals surface area contributed by atoms with Gasteiger partial charge in [-0.15, -0.1) is 0 Å². The highest BCUT2D eigenvalue weighted by atomic mass is 16.5. The Morgan fingerprint density at radius 2 is 0.958 bits per heavy atom. The molecular formula is C18H40N2O4. The summed E-state index contributed by atoms with van der Waals surface area (Å²) in [5, 5.41) is 0. The molecule has 0 radical (unpaired) electrons. The first-order valence-electron chi connectivity index (χ1n) is 9.02. The molecule has 146 valence electrons. The lowest BCUT2D eigenvalue weighted by atomic mass is 10.2. The van der Waals surface area contributed by atoms with Gasteiger partial charge in [-0.3, -0.25) is 9.59 Å². The Morgan fingerprint density at radius 3 is 1.29 bits per heavy atom. The molecule has 0 aromatic rings. The molecule has 0 fully saturated rings. The summed E-state index contributed by atoms with van der Waals surface area (Å²) in [5.74, 6) is -0.149. The molecule has 0 aliphatic heterocycles. The fourth-order valence-electron chi connectivity index (χ4n) is 2.11. The van der Waals surface area contributed by atoms with Crippen LogP contribution < -0.4 is 12.3 Å². The van der Waals surface area contributed by atoms with Gasteiger partial charge in [-0.05, 0) is 38.5 Å². The normalized spacial score (nSPS) is 9.58. The van der Waals surface area contributed by atoms with Gasteiger partial charge in [0.1, 0.15) is 0 Å². The van der Waals surface area contributed by atoms with Gasteiger partial charge in [-0.1, -0.05) is 39.5 Å². The first-order chi connectivity index (χ1) is 10.7. The molecule has 0 aromatic heterocycles. The second-order valence-corrected chi connectivity index (χ2v) is 5.77. The Labute approximate surface area is 148 Å². The van der Waals surface area contributed by atoms with Crippen LogP contribution >= 0.6 is 0 Å². The van der Waals surface area contributed by atoms with E-state index in [-0.39, 0.29) is 24.2 Å². The molecule has 0 heterocycles. The SMILES string of the molecule is CCCCCC(=O)OCCCCCCOC(=O)CCCCC.N.N. The van der Waals surface area contributed by atoms with Crippen molar-refractivity contribution < 1.29 is 19.1 Å². The van der Waals surface area contributed by atoms with E-state index >= 15 is 0 Å². The molecule has 0 aromatic carbocycles. The predicted octanol–water partition coefficient (Wildman–Crippen LogP) is 5.12. The van der Waals surface area contributed by atoms with Crippen LogP contribution in [0.25, 0.3) is 0 Å². The lowest BCUT2D eigenvalue weighted by molar-refractivity contribution is -0.145. The molecule has 0 saturated carbocycles. The van der Waals surface area contributed by atoms with E-state index in [1.165, 1.54) is 0 Å². The Bertz CT molecular complexity index is 258. The number of esters is 2. The number of unbranched alkanes of at least 4 members (excludes halogenated alkanes) is 7. The minimum absolute atomic E-state index is 0. The van der Waals surface area contributed by atoms with E-state index in [1.54, 1.807) is 0 Å². The second-order valence-electron chi connectivity index (χ2n) is 5.77. The molecule has 0 bridgehead atoms. The highest BCUT2D eigenvalue weighted by Crippen LogP contribution is 2.05. The molecule has 6 nitrogen and oxygen atoms in total. The molecule has 24 heavy (non-hydrogen) atoms. The zero-order valence-electron chi connectivity index (χ0n) is 15.9. The number of ether oxygens (including phenoxy) is 2. The van der Waals surface area contributed by atoms with Crippen molar-refractivity contribution in [1.29, 1.82) is 0 Å². The maximum Gasteiger partial charge on any atom is 0.305 e. The van der Waals surface area contributed by atoms with E-state index in [0.29, 0.717) is 26.1 Å². The van der Waals surface area contributed by atoms with Crippen LogP contribution in [0.1, 0.15) is 90.9 Å². The average molecular weight is 349 g/mol. The van der Waals surface area contributed by atoms with Gasteiger partial charge in [0.25, 0.3) is 0 Å². The number of hydrogen-bond donors (Lipinski definition) is 2. The van der Waals surface area contributed by atoms with Crippen molar-refractivity contribution in [1.82, 2.24) is 12.3 Å². The maximum absolute atomic E-state index is 11.4. The van der Waals surface area contributed by atoms with Crippen molar-refractivity contribution >= 4 is 11.9 Å². The number of carbonyl (C=O) groups excluding carboxylic acids is 2. The second kappa shape index (κ2) is 21.9. The lowest BCUT2D eigenvalue weighted by Gasteiger charge is -2.06. The van der Waals surface area contributed by atoms with Crippen LogP contribution in [0.5, 0.6) is 0 Å². The van der Waals surface area contributed by atoms with Crippen molar-refractivity contribution in [2.75, 3.05) is 13.2 Å². The molecule has 0 amide bonds. The summed E-state index contributed by atoms with van der Waals surface area (Å²) >= 11 is 0. The molecule has 6 N–H and O–H groups in total. The standard InChI is InChI=1S/C18H34O4.2H3N/c1-3-5-9-13-17(19)21-15-11-7-8-12-16-22-18(20)14-10-6-4-2;;/h3-16H2,1-2H3;2*1H3. The van der Waals surface area contributed by atoms with Crippen LogP contribution in [0, 0.1) is 0 Å². The summed E-state index contributed by atoms with van der Waals surface area (Å²) in [4.78, 5) is 22.7. The summed E-state index contributed by atoms with van der Waals surface area (Å²) in [5.41, 5.74) is 0. The van der Waals surface area contributed by atoms with Crippen molar-refractivity contribution in [3.63, 3.8) is 0 Å². The summed E-state index contributed by atoms with van der Waals surface area (Å²) in [7, 11) is 0. The Balaban J connectivity index is -0.00000220. The number of hydrogen-bond acceptors (Lipinski definition) is 6. The van der Waals surface area contributed by atoms with Gasteiger partial charge < -0.3 is 21.8 Å². The molecule has 0 aliphatic carbocycles. The first-order valence-corrected chi connectivity index (χ1v) is 9.02. The van der Waals surface area contributed by atoms with E-state index in [0.717, 1.165) is 64.2 Å². The van der Waals surface area contributed by atoms with Gasteiger partial charge in [0.15, 0.2) is 0 Å². The highest BCUT2D eigenvalue weighted by Gasteiger charge is 2.03. The zero-order chi connectivity index (χ0) is 16.5. The summed E-state index contributed by atoms with van der Waals surface area (Å²) in [6.45, 7) is 5.27. The van der Waals surface area contributed by atoms with Gasteiger partial charge in [-0.25, -0.2) is 0 Å². The summed E-state index contributed by atoms with van der Waals surface area (Å²) in [6.07, 6.45) is 11.2. The van der Waals surface area contributed by atoms with Crippen LogP contribution in [0.2, 0.25) is 0 Å². The van der Waals surface area contributed by atoms with Crippen molar-refractivity contribution in [2.45, 2.75) is 90.9 Å². The molecule has 0 atom stereocenters. The average Bonchev–Trinajstić information content (AvgIpc) is 2.50. The number of rotatable bonds is 15.